The Bertz CT molecular complexity index is 389. The first-order valence-corrected chi connectivity index (χ1v) is 7.67. The lowest BCUT2D eigenvalue weighted by Crippen LogP contribution is -2.45. The number of hydrogen-bond donors (Lipinski definition) is 1. The van der Waals surface area contributed by atoms with E-state index < -0.39 is 0 Å². The third-order valence-corrected chi connectivity index (χ3v) is 4.00. The summed E-state index contributed by atoms with van der Waals surface area (Å²) in [4.78, 5) is 4.88. The van der Waals surface area contributed by atoms with Crippen LogP contribution >= 0.6 is 0 Å². The Hall–Kier alpha value is -0.980. The van der Waals surface area contributed by atoms with E-state index in [0.29, 0.717) is 6.04 Å². The molecule has 0 aromatic carbocycles. The number of nitrogens with one attached hydrogen (secondary N) is 1. The van der Waals surface area contributed by atoms with Crippen molar-refractivity contribution in [2.75, 3.05) is 40.3 Å². The molecule has 1 aliphatic heterocycles. The minimum Gasteiger partial charge on any atom is -0.311 e. The Balaban J connectivity index is 1.75. The number of likely N-dealkylation sites (tertiary alicyclic amines) is 1. The molecule has 6 heteroatoms. The van der Waals surface area contributed by atoms with Crippen molar-refractivity contribution in [3.05, 3.63) is 11.9 Å². The van der Waals surface area contributed by atoms with E-state index >= 15 is 0 Å². The van der Waals surface area contributed by atoms with Gasteiger partial charge in [-0.3, -0.25) is 9.58 Å². The van der Waals surface area contributed by atoms with E-state index in [1.165, 1.54) is 25.9 Å². The molecule has 0 spiro atoms. The quantitative estimate of drug-likeness (QED) is 0.784. The summed E-state index contributed by atoms with van der Waals surface area (Å²) in [6, 6.07) is 0.698. The van der Waals surface area contributed by atoms with Crippen LogP contribution in [-0.4, -0.2) is 71.1 Å². The lowest BCUT2D eigenvalue weighted by atomic mass is 10.1. The van der Waals surface area contributed by atoms with E-state index in [0.717, 1.165) is 31.9 Å². The molecule has 0 aliphatic carbocycles. The summed E-state index contributed by atoms with van der Waals surface area (Å²) < 4.78 is 1.96. The second-order valence-electron chi connectivity index (χ2n) is 5.81. The van der Waals surface area contributed by atoms with Crippen molar-refractivity contribution in [1.29, 1.82) is 0 Å². The second kappa shape index (κ2) is 7.71. The largest absolute Gasteiger partial charge is 0.311 e. The summed E-state index contributed by atoms with van der Waals surface area (Å²) in [7, 11) is 4.36. The molecule has 1 unspecified atom stereocenters. The van der Waals surface area contributed by atoms with Crippen LogP contribution in [0, 0.1) is 0 Å². The first-order valence-electron chi connectivity index (χ1n) is 7.67. The number of likely N-dealkylation sites (N-methyl/N-ethyl adjacent to an activating group) is 1. The SMILES string of the molecule is CCNCc1cn(CCN2CCCC(N(C)C)C2)nn1. The third-order valence-electron chi connectivity index (χ3n) is 4.00. The fourth-order valence-electron chi connectivity index (χ4n) is 2.68. The van der Waals surface area contributed by atoms with Gasteiger partial charge in [0.05, 0.1) is 12.2 Å². The maximum atomic E-state index is 4.20. The predicted molar refractivity (Wildman–Crippen MR) is 80.6 cm³/mol. The molecule has 1 saturated heterocycles. The molecule has 1 atom stereocenters. The number of hydrogen-bond acceptors (Lipinski definition) is 5. The van der Waals surface area contributed by atoms with E-state index in [9.17, 15) is 0 Å². The monoisotopic (exact) mass is 280 g/mol. The lowest BCUT2D eigenvalue weighted by molar-refractivity contribution is 0.129. The van der Waals surface area contributed by atoms with Gasteiger partial charge in [-0.15, -0.1) is 5.10 Å². The molecule has 0 saturated carbocycles. The van der Waals surface area contributed by atoms with Crippen molar-refractivity contribution in [3.63, 3.8) is 0 Å². The van der Waals surface area contributed by atoms with Gasteiger partial charge in [-0.05, 0) is 40.0 Å². The van der Waals surface area contributed by atoms with Crippen LogP contribution in [-0.2, 0) is 13.1 Å². The first-order chi connectivity index (χ1) is 9.69. The molecule has 1 aromatic heterocycles. The highest BCUT2D eigenvalue weighted by atomic mass is 15.4. The van der Waals surface area contributed by atoms with Crippen molar-refractivity contribution >= 4 is 0 Å². The fourth-order valence-corrected chi connectivity index (χ4v) is 2.68. The average molecular weight is 280 g/mol. The Kier molecular flexibility index (Phi) is 5.94. The molecule has 6 nitrogen and oxygen atoms in total. The highest BCUT2D eigenvalue weighted by Crippen LogP contribution is 2.13. The molecular formula is C14H28N6. The molecule has 114 valence electrons. The third kappa shape index (κ3) is 4.54. The molecule has 1 fully saturated rings. The van der Waals surface area contributed by atoms with Crippen molar-refractivity contribution in [3.8, 4) is 0 Å². The van der Waals surface area contributed by atoms with Crippen LogP contribution in [0.2, 0.25) is 0 Å². The normalized spacial score (nSPS) is 20.7. The van der Waals surface area contributed by atoms with E-state index in [1.807, 2.05) is 4.68 Å². The van der Waals surface area contributed by atoms with Crippen molar-refractivity contribution in [2.45, 2.75) is 38.9 Å². The highest BCUT2D eigenvalue weighted by molar-refractivity contribution is 4.91. The van der Waals surface area contributed by atoms with Crippen LogP contribution in [0.4, 0.5) is 0 Å². The zero-order valence-corrected chi connectivity index (χ0v) is 13.0. The summed E-state index contributed by atoms with van der Waals surface area (Å²) in [5, 5.41) is 11.7. The second-order valence-corrected chi connectivity index (χ2v) is 5.81. The van der Waals surface area contributed by atoms with Gasteiger partial charge in [-0.25, -0.2) is 0 Å². The van der Waals surface area contributed by atoms with Gasteiger partial charge in [-0.2, -0.15) is 0 Å². The molecule has 2 heterocycles. The van der Waals surface area contributed by atoms with E-state index in [2.05, 4.69) is 52.6 Å². The molecule has 0 amide bonds. The van der Waals surface area contributed by atoms with E-state index in [4.69, 9.17) is 0 Å². The van der Waals surface area contributed by atoms with E-state index in [1.54, 1.807) is 0 Å². The Morgan fingerprint density at radius 3 is 3.00 bits per heavy atom. The molecule has 1 aliphatic rings. The minimum atomic E-state index is 0.698. The van der Waals surface area contributed by atoms with Gasteiger partial charge in [0.25, 0.3) is 0 Å². The Labute approximate surface area is 122 Å². The molecule has 1 N–H and O–H groups in total. The molecule has 20 heavy (non-hydrogen) atoms. The van der Waals surface area contributed by atoms with E-state index in [-0.39, 0.29) is 0 Å². The lowest BCUT2D eigenvalue weighted by Gasteiger charge is -2.36. The summed E-state index contributed by atoms with van der Waals surface area (Å²) in [6.07, 6.45) is 4.67. The zero-order chi connectivity index (χ0) is 14.4. The summed E-state index contributed by atoms with van der Waals surface area (Å²) in [5.41, 5.74) is 1.02. The van der Waals surface area contributed by atoms with Crippen LogP contribution in [0.5, 0.6) is 0 Å². The van der Waals surface area contributed by atoms with Crippen LogP contribution in [0.1, 0.15) is 25.5 Å². The van der Waals surface area contributed by atoms with Crippen molar-refractivity contribution in [1.82, 2.24) is 30.1 Å². The number of nitrogens with zero attached hydrogens (tertiary/aromatic N) is 5. The Morgan fingerprint density at radius 1 is 1.40 bits per heavy atom. The smallest absolute Gasteiger partial charge is 0.0964 e. The van der Waals surface area contributed by atoms with Gasteiger partial charge in [-0.1, -0.05) is 12.1 Å². The van der Waals surface area contributed by atoms with Crippen LogP contribution in [0.15, 0.2) is 6.20 Å². The summed E-state index contributed by atoms with van der Waals surface area (Å²) in [6.45, 7) is 8.25. The fraction of sp³-hybridized carbons (Fsp3) is 0.857. The highest BCUT2D eigenvalue weighted by Gasteiger charge is 2.20. The topological polar surface area (TPSA) is 49.2 Å². The maximum absolute atomic E-state index is 4.20. The molecule has 0 bridgehead atoms. The van der Waals surface area contributed by atoms with Crippen molar-refractivity contribution < 1.29 is 0 Å². The standard InChI is InChI=1S/C14H28N6/c1-4-15-10-13-11-20(17-16-13)9-8-19-7-5-6-14(12-19)18(2)3/h11,14-15H,4-10,12H2,1-3H3. The van der Waals surface area contributed by atoms with Gasteiger partial charge in [0.1, 0.15) is 0 Å². The minimum absolute atomic E-state index is 0.698. The zero-order valence-electron chi connectivity index (χ0n) is 13.0. The summed E-state index contributed by atoms with van der Waals surface area (Å²) >= 11 is 0. The molecule has 0 radical (unpaired) electrons. The van der Waals surface area contributed by atoms with Crippen LogP contribution < -0.4 is 5.32 Å². The van der Waals surface area contributed by atoms with Gasteiger partial charge in [0.2, 0.25) is 0 Å². The Morgan fingerprint density at radius 2 is 2.25 bits per heavy atom. The molecule has 1 aromatic rings. The molecule has 2 rings (SSSR count). The van der Waals surface area contributed by atoms with Crippen LogP contribution in [0.25, 0.3) is 0 Å². The molecular weight excluding hydrogens is 252 g/mol. The maximum Gasteiger partial charge on any atom is 0.0964 e. The number of aromatic nitrogens is 3. The number of rotatable bonds is 7. The first kappa shape index (κ1) is 15.4. The van der Waals surface area contributed by atoms with Crippen LogP contribution in [0.3, 0.4) is 0 Å². The van der Waals surface area contributed by atoms with Crippen molar-refractivity contribution in [2.24, 2.45) is 0 Å². The number of piperidine rings is 1. The van der Waals surface area contributed by atoms with Gasteiger partial charge in [0.15, 0.2) is 0 Å². The predicted octanol–water partition coefficient (Wildman–Crippen LogP) is 0.414. The van der Waals surface area contributed by atoms with Gasteiger partial charge < -0.3 is 10.2 Å². The summed E-state index contributed by atoms with van der Waals surface area (Å²) in [5.74, 6) is 0. The average Bonchev–Trinajstić information content (AvgIpc) is 2.91. The van der Waals surface area contributed by atoms with Gasteiger partial charge in [0, 0.05) is 31.9 Å². The van der Waals surface area contributed by atoms with Gasteiger partial charge >= 0.3 is 0 Å².